The molecule has 0 atom stereocenters. The van der Waals surface area contributed by atoms with E-state index in [9.17, 15) is 14.4 Å². The van der Waals surface area contributed by atoms with Crippen LogP contribution in [-0.2, 0) is 9.59 Å². The maximum Gasteiger partial charge on any atom is 0.266 e. The highest BCUT2D eigenvalue weighted by Gasteiger charge is 2.43. The van der Waals surface area contributed by atoms with Gasteiger partial charge in [0.05, 0.1) is 16.7 Å². The molecule has 0 bridgehead atoms. The number of amides is 3. The molecule has 0 radical (unpaired) electrons. The summed E-state index contributed by atoms with van der Waals surface area (Å²) >= 11 is 1.38. The molecular weight excluding hydrogens is 278 g/mol. The highest BCUT2D eigenvalue weighted by molar-refractivity contribution is 7.13. The fourth-order valence-corrected chi connectivity index (χ4v) is 3.55. The lowest BCUT2D eigenvalue weighted by Gasteiger charge is -2.42. The van der Waals surface area contributed by atoms with Crippen LogP contribution in [0.1, 0.15) is 33.2 Å². The Hall–Kier alpha value is -1.76. The molecule has 0 N–H and O–H groups in total. The highest BCUT2D eigenvalue weighted by atomic mass is 32.1. The summed E-state index contributed by atoms with van der Waals surface area (Å²) in [7, 11) is 0. The van der Waals surface area contributed by atoms with Crippen molar-refractivity contribution < 1.29 is 14.4 Å². The minimum Gasteiger partial charge on any atom is -0.334 e. The predicted octanol–water partition coefficient (Wildman–Crippen LogP) is 0.733. The van der Waals surface area contributed by atoms with E-state index in [1.807, 2.05) is 13.8 Å². The maximum absolute atomic E-state index is 12.3. The van der Waals surface area contributed by atoms with Gasteiger partial charge in [0.1, 0.15) is 4.88 Å². The first-order valence-corrected chi connectivity index (χ1v) is 7.37. The van der Waals surface area contributed by atoms with Crippen LogP contribution in [0.25, 0.3) is 0 Å². The molecular formula is C13H15N3O3S. The standard InChI is InChI=1S/C13H15N3O3S/c1-7-12(20-8(2)14-7)13(19)15-5-9(6-15)16-10(17)3-4-11(16)18/h9H,3-6H2,1-2H3. The van der Waals surface area contributed by atoms with E-state index in [2.05, 4.69) is 4.98 Å². The van der Waals surface area contributed by atoms with E-state index >= 15 is 0 Å². The van der Waals surface area contributed by atoms with Gasteiger partial charge in [-0.15, -0.1) is 11.3 Å². The Morgan fingerprint density at radius 2 is 1.80 bits per heavy atom. The Morgan fingerprint density at radius 3 is 2.30 bits per heavy atom. The van der Waals surface area contributed by atoms with Crippen molar-refractivity contribution in [2.45, 2.75) is 32.7 Å². The van der Waals surface area contributed by atoms with Gasteiger partial charge in [0.15, 0.2) is 0 Å². The third kappa shape index (κ3) is 2.02. The predicted molar refractivity (Wildman–Crippen MR) is 72.4 cm³/mol. The van der Waals surface area contributed by atoms with Crippen LogP contribution in [-0.4, -0.2) is 51.6 Å². The van der Waals surface area contributed by atoms with Gasteiger partial charge in [-0.1, -0.05) is 0 Å². The van der Waals surface area contributed by atoms with E-state index in [0.717, 1.165) is 10.7 Å². The van der Waals surface area contributed by atoms with Crippen LogP contribution in [0.2, 0.25) is 0 Å². The zero-order valence-corrected chi connectivity index (χ0v) is 12.2. The van der Waals surface area contributed by atoms with Crippen LogP contribution in [0.15, 0.2) is 0 Å². The molecule has 2 aliphatic heterocycles. The molecule has 0 aromatic carbocycles. The van der Waals surface area contributed by atoms with Crippen molar-refractivity contribution in [3.8, 4) is 0 Å². The first-order chi connectivity index (χ1) is 9.47. The Balaban J connectivity index is 1.66. The SMILES string of the molecule is Cc1nc(C)c(C(=O)N2CC(N3C(=O)CCC3=O)C2)s1. The summed E-state index contributed by atoms with van der Waals surface area (Å²) in [6.45, 7) is 4.57. The Bertz CT molecular complexity index is 588. The summed E-state index contributed by atoms with van der Waals surface area (Å²) < 4.78 is 0. The summed E-state index contributed by atoms with van der Waals surface area (Å²) in [5.41, 5.74) is 0.745. The summed E-state index contributed by atoms with van der Waals surface area (Å²) in [5, 5.41) is 0.868. The Morgan fingerprint density at radius 1 is 1.20 bits per heavy atom. The van der Waals surface area contributed by atoms with E-state index in [0.29, 0.717) is 30.8 Å². The van der Waals surface area contributed by atoms with E-state index in [1.165, 1.54) is 16.2 Å². The van der Waals surface area contributed by atoms with Crippen molar-refractivity contribution in [3.05, 3.63) is 15.6 Å². The second kappa shape index (κ2) is 4.66. The fourth-order valence-electron chi connectivity index (χ4n) is 2.66. The monoisotopic (exact) mass is 293 g/mol. The zero-order valence-electron chi connectivity index (χ0n) is 11.4. The van der Waals surface area contributed by atoms with Crippen molar-refractivity contribution in [1.29, 1.82) is 0 Å². The number of nitrogens with zero attached hydrogens (tertiary/aromatic N) is 3. The Kier molecular flexibility index (Phi) is 3.08. The largest absolute Gasteiger partial charge is 0.334 e. The van der Waals surface area contributed by atoms with Gasteiger partial charge in [-0.3, -0.25) is 19.3 Å². The van der Waals surface area contributed by atoms with Crippen LogP contribution >= 0.6 is 11.3 Å². The maximum atomic E-state index is 12.3. The van der Waals surface area contributed by atoms with Gasteiger partial charge < -0.3 is 4.90 Å². The highest BCUT2D eigenvalue weighted by Crippen LogP contribution is 2.26. The molecule has 0 spiro atoms. The van der Waals surface area contributed by atoms with Crippen LogP contribution < -0.4 is 0 Å². The summed E-state index contributed by atoms with van der Waals surface area (Å²) in [6.07, 6.45) is 0.604. The molecule has 0 unspecified atom stereocenters. The molecule has 2 aliphatic rings. The quantitative estimate of drug-likeness (QED) is 0.754. The van der Waals surface area contributed by atoms with Crippen molar-refractivity contribution in [2.24, 2.45) is 0 Å². The number of aromatic nitrogens is 1. The lowest BCUT2D eigenvalue weighted by atomic mass is 10.1. The number of likely N-dealkylation sites (tertiary alicyclic amines) is 2. The number of aryl methyl sites for hydroxylation is 2. The molecule has 106 valence electrons. The normalized spacial score (nSPS) is 19.7. The van der Waals surface area contributed by atoms with Gasteiger partial charge in [-0.2, -0.15) is 0 Å². The van der Waals surface area contributed by atoms with E-state index in [1.54, 1.807) is 4.90 Å². The second-order valence-corrected chi connectivity index (χ2v) is 6.37. The van der Waals surface area contributed by atoms with Crippen LogP contribution in [0.3, 0.4) is 0 Å². The first kappa shape index (κ1) is 13.2. The van der Waals surface area contributed by atoms with Gasteiger partial charge in [-0.25, -0.2) is 4.98 Å². The molecule has 2 saturated heterocycles. The van der Waals surface area contributed by atoms with Crippen LogP contribution in [0, 0.1) is 13.8 Å². The third-order valence-electron chi connectivity index (χ3n) is 3.70. The van der Waals surface area contributed by atoms with E-state index < -0.39 is 0 Å². The van der Waals surface area contributed by atoms with Gasteiger partial charge in [0, 0.05) is 25.9 Å². The summed E-state index contributed by atoms with van der Waals surface area (Å²) in [5.74, 6) is -0.280. The zero-order chi connectivity index (χ0) is 14.4. The van der Waals surface area contributed by atoms with Gasteiger partial charge in [0.2, 0.25) is 11.8 Å². The lowest BCUT2D eigenvalue weighted by Crippen LogP contribution is -2.62. The van der Waals surface area contributed by atoms with Crippen molar-refractivity contribution in [2.75, 3.05) is 13.1 Å². The average molecular weight is 293 g/mol. The molecule has 1 aromatic rings. The molecule has 0 saturated carbocycles. The molecule has 20 heavy (non-hydrogen) atoms. The number of carbonyl (C=O) groups is 3. The number of rotatable bonds is 2. The minimum atomic E-state index is -0.143. The topological polar surface area (TPSA) is 70.6 Å². The number of hydrogen-bond acceptors (Lipinski definition) is 5. The first-order valence-electron chi connectivity index (χ1n) is 6.55. The second-order valence-electron chi connectivity index (χ2n) is 5.17. The smallest absolute Gasteiger partial charge is 0.266 e. The molecule has 7 heteroatoms. The Labute approximate surface area is 120 Å². The summed E-state index contributed by atoms with van der Waals surface area (Å²) in [6, 6.07) is -0.143. The summed E-state index contributed by atoms with van der Waals surface area (Å²) in [4.78, 5) is 43.4. The van der Waals surface area contributed by atoms with E-state index in [-0.39, 0.29) is 23.8 Å². The molecule has 3 amide bonds. The van der Waals surface area contributed by atoms with Gasteiger partial charge >= 0.3 is 0 Å². The molecule has 1 aromatic heterocycles. The van der Waals surface area contributed by atoms with Crippen molar-refractivity contribution in [3.63, 3.8) is 0 Å². The lowest BCUT2D eigenvalue weighted by molar-refractivity contribution is -0.144. The van der Waals surface area contributed by atoms with Gasteiger partial charge in [0.25, 0.3) is 5.91 Å². The molecule has 6 nitrogen and oxygen atoms in total. The molecule has 3 heterocycles. The number of thiazole rings is 1. The number of imide groups is 1. The van der Waals surface area contributed by atoms with Crippen LogP contribution in [0.5, 0.6) is 0 Å². The molecule has 0 aliphatic carbocycles. The molecule has 3 rings (SSSR count). The fraction of sp³-hybridized carbons (Fsp3) is 0.538. The minimum absolute atomic E-state index is 0.0524. The van der Waals surface area contributed by atoms with Crippen LogP contribution in [0.4, 0.5) is 0 Å². The van der Waals surface area contributed by atoms with Crippen molar-refractivity contribution >= 4 is 29.1 Å². The van der Waals surface area contributed by atoms with E-state index in [4.69, 9.17) is 0 Å². The third-order valence-corrected chi connectivity index (χ3v) is 4.76. The van der Waals surface area contributed by atoms with Gasteiger partial charge in [-0.05, 0) is 13.8 Å². The number of hydrogen-bond donors (Lipinski definition) is 0. The van der Waals surface area contributed by atoms with Crippen molar-refractivity contribution in [1.82, 2.24) is 14.8 Å². The molecule has 2 fully saturated rings. The average Bonchev–Trinajstić information content (AvgIpc) is 2.83. The number of carbonyl (C=O) groups excluding carboxylic acids is 3.